The number of hydrogen-bond donors (Lipinski definition) is 0. The molecule has 1 unspecified atom stereocenters. The summed E-state index contributed by atoms with van der Waals surface area (Å²) in [5, 5.41) is 10.9. The smallest absolute Gasteiger partial charge is 0.0461 e. The van der Waals surface area contributed by atoms with Crippen molar-refractivity contribution in [2.45, 2.75) is 13.3 Å². The highest BCUT2D eigenvalue weighted by atomic mass is 16.4. The third-order valence-electron chi connectivity index (χ3n) is 4.17. The van der Waals surface area contributed by atoms with Gasteiger partial charge < -0.3 is 14.8 Å². The van der Waals surface area contributed by atoms with Gasteiger partial charge in [0.05, 0.1) is 0 Å². The Morgan fingerprint density at radius 3 is 1.68 bits per heavy atom. The average molecular weight is 330 g/mol. The molecule has 0 N–H and O–H groups in total. The lowest BCUT2D eigenvalue weighted by Gasteiger charge is -2.25. The zero-order valence-corrected chi connectivity index (χ0v) is 14.1. The molecule has 0 aromatic heterocycles. The molecule has 0 amide bonds. The summed E-state index contributed by atoms with van der Waals surface area (Å²) in [4.78, 5) is 13.1. The van der Waals surface area contributed by atoms with E-state index in [0.717, 1.165) is 22.6 Å². The maximum Gasteiger partial charge on any atom is 0.0461 e. The number of carboxylic acids is 1. The van der Waals surface area contributed by atoms with Gasteiger partial charge in [-0.15, -0.1) is 0 Å². The number of carbonyl (C=O) groups excluding carboxylic acids is 1. The van der Waals surface area contributed by atoms with Gasteiger partial charge in [0, 0.05) is 23.0 Å². The number of benzene rings is 3. The predicted molar refractivity (Wildman–Crippen MR) is 99.0 cm³/mol. The zero-order chi connectivity index (χ0) is 17.6. The largest absolute Gasteiger partial charge is 0.550 e. The first-order chi connectivity index (χ1) is 12.1. The van der Waals surface area contributed by atoms with Gasteiger partial charge in [0.2, 0.25) is 0 Å². The molecule has 3 nitrogen and oxygen atoms in total. The monoisotopic (exact) mass is 330 g/mol. The second kappa shape index (κ2) is 7.67. The van der Waals surface area contributed by atoms with Gasteiger partial charge in [0.15, 0.2) is 0 Å². The van der Waals surface area contributed by atoms with E-state index in [1.165, 1.54) is 0 Å². The number of rotatable bonds is 6. The van der Waals surface area contributed by atoms with E-state index in [9.17, 15) is 9.90 Å². The van der Waals surface area contributed by atoms with Gasteiger partial charge >= 0.3 is 0 Å². The quantitative estimate of drug-likeness (QED) is 0.684. The van der Waals surface area contributed by atoms with E-state index >= 15 is 0 Å². The molecule has 0 bridgehead atoms. The summed E-state index contributed by atoms with van der Waals surface area (Å²) in [5.74, 6) is -1.51. The van der Waals surface area contributed by atoms with Gasteiger partial charge in [-0.25, -0.2) is 0 Å². The van der Waals surface area contributed by atoms with Gasteiger partial charge in [0.25, 0.3) is 0 Å². The van der Waals surface area contributed by atoms with Crippen LogP contribution < -0.4 is 10.0 Å². The lowest BCUT2D eigenvalue weighted by molar-refractivity contribution is -0.310. The molecule has 0 radical (unpaired) electrons. The Balaban J connectivity index is 1.93. The average Bonchev–Trinajstić information content (AvgIpc) is 2.65. The minimum atomic E-state index is -1.01. The van der Waals surface area contributed by atoms with Crippen LogP contribution in [0.25, 0.3) is 0 Å². The van der Waals surface area contributed by atoms with Crippen molar-refractivity contribution in [3.05, 3.63) is 90.5 Å². The van der Waals surface area contributed by atoms with Crippen LogP contribution in [0.2, 0.25) is 0 Å². The molecule has 3 rings (SSSR count). The Morgan fingerprint density at radius 1 is 0.800 bits per heavy atom. The Labute approximate surface area is 148 Å². The summed E-state index contributed by atoms with van der Waals surface area (Å²) in [7, 11) is 0. The third kappa shape index (κ3) is 4.07. The first-order valence-electron chi connectivity index (χ1n) is 8.35. The van der Waals surface area contributed by atoms with Gasteiger partial charge in [0.1, 0.15) is 0 Å². The molecule has 0 aliphatic rings. The fraction of sp³-hybridized carbons (Fsp3) is 0.136. The van der Waals surface area contributed by atoms with E-state index in [0.29, 0.717) is 6.42 Å². The molecular formula is C22H20NO2-. The highest BCUT2D eigenvalue weighted by Gasteiger charge is 2.12. The molecule has 3 heteroatoms. The van der Waals surface area contributed by atoms with Gasteiger partial charge in [-0.1, -0.05) is 55.5 Å². The Kier molecular flexibility index (Phi) is 5.14. The van der Waals surface area contributed by atoms with E-state index in [-0.39, 0.29) is 0 Å². The fourth-order valence-corrected chi connectivity index (χ4v) is 2.82. The van der Waals surface area contributed by atoms with E-state index in [4.69, 9.17) is 0 Å². The van der Waals surface area contributed by atoms with Crippen LogP contribution in [0.15, 0.2) is 84.9 Å². The van der Waals surface area contributed by atoms with Crippen LogP contribution in [0, 0.1) is 5.92 Å². The molecule has 0 saturated heterocycles. The number of anilines is 3. The summed E-state index contributed by atoms with van der Waals surface area (Å²) < 4.78 is 0. The van der Waals surface area contributed by atoms with Crippen LogP contribution in [0.3, 0.4) is 0 Å². The van der Waals surface area contributed by atoms with Crippen molar-refractivity contribution in [3.63, 3.8) is 0 Å². The molecule has 0 aliphatic heterocycles. The van der Waals surface area contributed by atoms with Gasteiger partial charge in [-0.05, 0) is 54.3 Å². The molecule has 0 heterocycles. The molecule has 25 heavy (non-hydrogen) atoms. The van der Waals surface area contributed by atoms with Crippen molar-refractivity contribution < 1.29 is 9.90 Å². The summed E-state index contributed by atoms with van der Waals surface area (Å²) in [6, 6.07) is 28.3. The van der Waals surface area contributed by atoms with E-state index in [1.807, 2.05) is 60.7 Å². The van der Waals surface area contributed by atoms with E-state index < -0.39 is 11.9 Å². The van der Waals surface area contributed by atoms with Crippen LogP contribution >= 0.6 is 0 Å². The normalized spacial score (nSPS) is 11.7. The standard InChI is InChI=1S/C22H21NO2/c1-17(22(24)25)16-18-12-14-21(15-13-18)23(19-8-4-2-5-9-19)20-10-6-3-7-11-20/h2-15,17H,16H2,1H3,(H,24,25)/p-1. The SMILES string of the molecule is CC(Cc1ccc(N(c2ccccc2)c2ccccc2)cc1)C(=O)[O-]. The van der Waals surface area contributed by atoms with Crippen molar-refractivity contribution in [1.82, 2.24) is 0 Å². The maximum absolute atomic E-state index is 10.9. The summed E-state index contributed by atoms with van der Waals surface area (Å²) in [6.07, 6.45) is 0.472. The van der Waals surface area contributed by atoms with Crippen molar-refractivity contribution in [1.29, 1.82) is 0 Å². The second-order valence-electron chi connectivity index (χ2n) is 6.10. The molecule has 1 atom stereocenters. The lowest BCUT2D eigenvalue weighted by Crippen LogP contribution is -2.30. The molecule has 0 saturated carbocycles. The minimum Gasteiger partial charge on any atom is -0.550 e. The van der Waals surface area contributed by atoms with Crippen LogP contribution in [0.5, 0.6) is 0 Å². The fourth-order valence-electron chi connectivity index (χ4n) is 2.82. The molecule has 0 spiro atoms. The number of carbonyl (C=O) groups is 1. The first-order valence-corrected chi connectivity index (χ1v) is 8.35. The maximum atomic E-state index is 10.9. The number of aliphatic carboxylic acids is 1. The van der Waals surface area contributed by atoms with Crippen molar-refractivity contribution in [2.24, 2.45) is 5.92 Å². The van der Waals surface area contributed by atoms with E-state index in [1.54, 1.807) is 6.92 Å². The molecule has 126 valence electrons. The lowest BCUT2D eigenvalue weighted by atomic mass is 10.0. The van der Waals surface area contributed by atoms with Crippen molar-refractivity contribution in [2.75, 3.05) is 4.90 Å². The van der Waals surface area contributed by atoms with Gasteiger partial charge in [-0.3, -0.25) is 0 Å². The Bertz CT molecular complexity index is 774. The van der Waals surface area contributed by atoms with Crippen molar-refractivity contribution >= 4 is 23.0 Å². The van der Waals surface area contributed by atoms with Crippen LogP contribution in [0.1, 0.15) is 12.5 Å². The summed E-state index contributed by atoms with van der Waals surface area (Å²) in [5.41, 5.74) is 4.16. The highest BCUT2D eigenvalue weighted by molar-refractivity contribution is 5.76. The van der Waals surface area contributed by atoms with E-state index in [2.05, 4.69) is 29.2 Å². The van der Waals surface area contributed by atoms with Crippen LogP contribution in [-0.2, 0) is 11.2 Å². The topological polar surface area (TPSA) is 43.4 Å². The molecule has 3 aromatic carbocycles. The first kappa shape index (κ1) is 16.8. The van der Waals surface area contributed by atoms with Crippen LogP contribution in [0.4, 0.5) is 17.1 Å². The number of para-hydroxylation sites is 2. The van der Waals surface area contributed by atoms with Gasteiger partial charge in [-0.2, -0.15) is 0 Å². The molecule has 0 fully saturated rings. The molecule has 0 aliphatic carbocycles. The predicted octanol–water partition coefficient (Wildman–Crippen LogP) is 4.08. The second-order valence-corrected chi connectivity index (χ2v) is 6.10. The van der Waals surface area contributed by atoms with Crippen molar-refractivity contribution in [3.8, 4) is 0 Å². The summed E-state index contributed by atoms with van der Waals surface area (Å²) >= 11 is 0. The Hall–Kier alpha value is -3.07. The molecular weight excluding hydrogens is 310 g/mol. The summed E-state index contributed by atoms with van der Waals surface area (Å²) in [6.45, 7) is 1.67. The number of hydrogen-bond acceptors (Lipinski definition) is 3. The minimum absolute atomic E-state index is 0.472. The molecule has 3 aromatic rings. The number of nitrogens with zero attached hydrogens (tertiary/aromatic N) is 1. The highest BCUT2D eigenvalue weighted by Crippen LogP contribution is 2.34. The third-order valence-corrected chi connectivity index (χ3v) is 4.17. The van der Waals surface area contributed by atoms with Crippen LogP contribution in [-0.4, -0.2) is 5.97 Å². The number of carboxylic acid groups (broad SMARTS) is 1. The zero-order valence-electron chi connectivity index (χ0n) is 14.1. The Morgan fingerprint density at radius 2 is 1.24 bits per heavy atom.